The Morgan fingerprint density at radius 2 is 1.92 bits per heavy atom. The molecule has 0 radical (unpaired) electrons. The lowest BCUT2D eigenvalue weighted by atomic mass is 10.2. The number of nitrogens with one attached hydrogen (secondary N) is 1. The molecule has 0 aliphatic carbocycles. The van der Waals surface area contributed by atoms with Gasteiger partial charge in [0.1, 0.15) is 5.75 Å². The first-order valence-corrected chi connectivity index (χ1v) is 8.69. The molecule has 0 spiro atoms. The molecule has 0 atom stereocenters. The van der Waals surface area contributed by atoms with Gasteiger partial charge in [0.25, 0.3) is 5.91 Å². The van der Waals surface area contributed by atoms with Crippen molar-refractivity contribution in [2.24, 2.45) is 5.92 Å². The number of rotatable bonds is 7. The third-order valence-electron chi connectivity index (χ3n) is 3.39. The van der Waals surface area contributed by atoms with Crippen LogP contribution in [0.5, 0.6) is 5.75 Å². The molecule has 0 bridgehead atoms. The molecule has 1 amide bonds. The number of amides is 1. The Labute approximate surface area is 158 Å². The van der Waals surface area contributed by atoms with E-state index in [2.05, 4.69) is 5.32 Å². The highest BCUT2D eigenvalue weighted by molar-refractivity contribution is 6.33. The van der Waals surface area contributed by atoms with Crippen LogP contribution in [0.15, 0.2) is 42.5 Å². The van der Waals surface area contributed by atoms with Crippen molar-refractivity contribution in [2.45, 2.75) is 20.8 Å². The monoisotopic (exact) mass is 375 g/mol. The number of carbonyl (C=O) groups excluding carboxylic acids is 2. The van der Waals surface area contributed by atoms with Gasteiger partial charge < -0.3 is 14.8 Å². The fraction of sp³-hybridized carbons (Fsp3) is 0.300. The summed E-state index contributed by atoms with van der Waals surface area (Å²) in [4.78, 5) is 24.1. The van der Waals surface area contributed by atoms with E-state index in [1.807, 2.05) is 26.8 Å². The van der Waals surface area contributed by atoms with Gasteiger partial charge >= 0.3 is 5.97 Å². The van der Waals surface area contributed by atoms with Crippen molar-refractivity contribution in [1.29, 1.82) is 0 Å². The van der Waals surface area contributed by atoms with Gasteiger partial charge in [-0.1, -0.05) is 37.6 Å². The van der Waals surface area contributed by atoms with E-state index in [-0.39, 0.29) is 0 Å². The number of carbonyl (C=O) groups is 2. The van der Waals surface area contributed by atoms with E-state index in [0.29, 0.717) is 34.5 Å². The van der Waals surface area contributed by atoms with Crippen LogP contribution in [0.25, 0.3) is 0 Å². The second kappa shape index (κ2) is 9.25. The zero-order valence-electron chi connectivity index (χ0n) is 15.0. The van der Waals surface area contributed by atoms with Gasteiger partial charge in [0.15, 0.2) is 6.61 Å². The Morgan fingerprint density at radius 3 is 2.62 bits per heavy atom. The average molecular weight is 376 g/mol. The van der Waals surface area contributed by atoms with E-state index < -0.39 is 18.5 Å². The Morgan fingerprint density at radius 1 is 1.15 bits per heavy atom. The summed E-state index contributed by atoms with van der Waals surface area (Å²) >= 11 is 6.07. The molecule has 0 fully saturated rings. The SMILES string of the molecule is Cc1ccc(NC(=O)COC(=O)c2cccc(OCC(C)C)c2)c(Cl)c1. The second-order valence-corrected chi connectivity index (χ2v) is 6.75. The molecule has 26 heavy (non-hydrogen) atoms. The van der Waals surface area contributed by atoms with Crippen LogP contribution in [-0.4, -0.2) is 25.1 Å². The summed E-state index contributed by atoms with van der Waals surface area (Å²) in [6, 6.07) is 12.0. The number of ether oxygens (including phenoxy) is 2. The topological polar surface area (TPSA) is 64.6 Å². The van der Waals surface area contributed by atoms with Gasteiger partial charge in [-0.05, 0) is 48.7 Å². The Bertz CT molecular complexity index is 789. The first-order valence-electron chi connectivity index (χ1n) is 8.31. The fourth-order valence-electron chi connectivity index (χ4n) is 2.10. The number of esters is 1. The van der Waals surface area contributed by atoms with Crippen molar-refractivity contribution >= 4 is 29.2 Å². The summed E-state index contributed by atoms with van der Waals surface area (Å²) in [7, 11) is 0. The lowest BCUT2D eigenvalue weighted by Crippen LogP contribution is -2.21. The molecule has 1 N–H and O–H groups in total. The predicted molar refractivity (Wildman–Crippen MR) is 102 cm³/mol. The molecule has 2 rings (SSSR count). The molecule has 138 valence electrons. The minimum absolute atomic E-state index is 0.326. The highest BCUT2D eigenvalue weighted by atomic mass is 35.5. The summed E-state index contributed by atoms with van der Waals surface area (Å²) in [6.45, 7) is 6.13. The zero-order valence-corrected chi connectivity index (χ0v) is 15.8. The molecule has 6 heteroatoms. The smallest absolute Gasteiger partial charge is 0.338 e. The van der Waals surface area contributed by atoms with Crippen LogP contribution >= 0.6 is 11.6 Å². The van der Waals surface area contributed by atoms with E-state index in [9.17, 15) is 9.59 Å². The number of benzene rings is 2. The van der Waals surface area contributed by atoms with Crippen LogP contribution in [0.1, 0.15) is 29.8 Å². The Hall–Kier alpha value is -2.53. The van der Waals surface area contributed by atoms with Gasteiger partial charge in [-0.3, -0.25) is 4.79 Å². The van der Waals surface area contributed by atoms with Crippen molar-refractivity contribution in [3.8, 4) is 5.75 Å². The van der Waals surface area contributed by atoms with Crippen molar-refractivity contribution in [3.05, 3.63) is 58.6 Å². The Kier molecular flexibility index (Phi) is 7.04. The molecular formula is C20H22ClNO4. The molecule has 0 aliphatic rings. The van der Waals surface area contributed by atoms with E-state index in [1.165, 1.54) is 0 Å². The molecule has 2 aromatic carbocycles. The molecular weight excluding hydrogens is 354 g/mol. The van der Waals surface area contributed by atoms with E-state index in [4.69, 9.17) is 21.1 Å². The summed E-state index contributed by atoms with van der Waals surface area (Å²) in [5.74, 6) is -0.0894. The quantitative estimate of drug-likeness (QED) is 0.725. The van der Waals surface area contributed by atoms with Crippen molar-refractivity contribution in [2.75, 3.05) is 18.5 Å². The first-order chi connectivity index (χ1) is 12.3. The van der Waals surface area contributed by atoms with Crippen LogP contribution in [-0.2, 0) is 9.53 Å². The number of hydrogen-bond donors (Lipinski definition) is 1. The van der Waals surface area contributed by atoms with Crippen LogP contribution in [0.2, 0.25) is 5.02 Å². The molecule has 0 unspecified atom stereocenters. The molecule has 0 saturated carbocycles. The lowest BCUT2D eigenvalue weighted by Gasteiger charge is -2.10. The van der Waals surface area contributed by atoms with Crippen LogP contribution in [0, 0.1) is 12.8 Å². The summed E-state index contributed by atoms with van der Waals surface area (Å²) in [6.07, 6.45) is 0. The Balaban J connectivity index is 1.89. The van der Waals surface area contributed by atoms with Gasteiger partial charge in [0.05, 0.1) is 22.9 Å². The standard InChI is InChI=1S/C20H22ClNO4/c1-13(2)11-25-16-6-4-5-15(10-16)20(24)26-12-19(23)22-18-8-7-14(3)9-17(18)21/h4-10,13H,11-12H2,1-3H3,(H,22,23). The normalized spacial score (nSPS) is 10.5. The maximum absolute atomic E-state index is 12.1. The first kappa shape index (κ1) is 19.8. The third kappa shape index (κ3) is 6.08. The van der Waals surface area contributed by atoms with E-state index in [0.717, 1.165) is 5.56 Å². The van der Waals surface area contributed by atoms with Gasteiger partial charge in [-0.15, -0.1) is 0 Å². The summed E-state index contributed by atoms with van der Waals surface area (Å²) < 4.78 is 10.6. The largest absolute Gasteiger partial charge is 0.493 e. The van der Waals surface area contributed by atoms with Gasteiger partial charge in [0.2, 0.25) is 0 Å². The molecule has 2 aromatic rings. The third-order valence-corrected chi connectivity index (χ3v) is 3.70. The molecule has 0 aliphatic heterocycles. The van der Waals surface area contributed by atoms with Gasteiger partial charge in [0, 0.05) is 0 Å². The molecule has 0 aromatic heterocycles. The van der Waals surface area contributed by atoms with E-state index in [1.54, 1.807) is 36.4 Å². The maximum Gasteiger partial charge on any atom is 0.338 e. The number of halogens is 1. The lowest BCUT2D eigenvalue weighted by molar-refractivity contribution is -0.119. The number of aryl methyl sites for hydroxylation is 1. The van der Waals surface area contributed by atoms with Crippen LogP contribution in [0.4, 0.5) is 5.69 Å². The van der Waals surface area contributed by atoms with Crippen LogP contribution < -0.4 is 10.1 Å². The van der Waals surface area contributed by atoms with Crippen LogP contribution in [0.3, 0.4) is 0 Å². The van der Waals surface area contributed by atoms with Gasteiger partial charge in [-0.2, -0.15) is 0 Å². The minimum Gasteiger partial charge on any atom is -0.493 e. The average Bonchev–Trinajstić information content (AvgIpc) is 2.60. The second-order valence-electron chi connectivity index (χ2n) is 6.34. The van der Waals surface area contributed by atoms with Crippen molar-refractivity contribution < 1.29 is 19.1 Å². The summed E-state index contributed by atoms with van der Waals surface area (Å²) in [5.41, 5.74) is 1.79. The van der Waals surface area contributed by atoms with Crippen molar-refractivity contribution in [1.82, 2.24) is 0 Å². The minimum atomic E-state index is -0.592. The molecule has 0 heterocycles. The number of anilines is 1. The fourth-order valence-corrected chi connectivity index (χ4v) is 2.38. The van der Waals surface area contributed by atoms with Gasteiger partial charge in [-0.25, -0.2) is 4.79 Å². The summed E-state index contributed by atoms with van der Waals surface area (Å²) in [5, 5.41) is 3.05. The molecule has 5 nitrogen and oxygen atoms in total. The highest BCUT2D eigenvalue weighted by Gasteiger charge is 2.12. The molecule has 0 saturated heterocycles. The van der Waals surface area contributed by atoms with E-state index >= 15 is 0 Å². The predicted octanol–water partition coefficient (Wildman–Crippen LogP) is 4.48. The number of hydrogen-bond acceptors (Lipinski definition) is 4. The maximum atomic E-state index is 12.1. The zero-order chi connectivity index (χ0) is 19.1. The highest BCUT2D eigenvalue weighted by Crippen LogP contribution is 2.22. The van der Waals surface area contributed by atoms with Crippen molar-refractivity contribution in [3.63, 3.8) is 0 Å².